The minimum atomic E-state index is -0.383. The number of hydrogen-bond acceptors (Lipinski definition) is 5. The monoisotopic (exact) mass is 281 g/mol. The van der Waals surface area contributed by atoms with Gasteiger partial charge in [0.1, 0.15) is 6.04 Å². The van der Waals surface area contributed by atoms with E-state index in [1.165, 1.54) is 25.0 Å². The zero-order chi connectivity index (χ0) is 13.2. The number of carbonyl (C=O) groups is 1. The molecule has 0 bridgehead atoms. The van der Waals surface area contributed by atoms with Crippen molar-refractivity contribution in [3.8, 4) is 0 Å². The van der Waals surface area contributed by atoms with Gasteiger partial charge in [0.25, 0.3) is 0 Å². The van der Waals surface area contributed by atoms with E-state index in [9.17, 15) is 4.79 Å². The Balaban J connectivity index is 1.77. The van der Waals surface area contributed by atoms with Gasteiger partial charge >= 0.3 is 0 Å². The van der Waals surface area contributed by atoms with Gasteiger partial charge in [0.15, 0.2) is 12.2 Å². The highest BCUT2D eigenvalue weighted by Gasteiger charge is 2.34. The molecule has 1 aromatic rings. The second kappa shape index (κ2) is 5.54. The van der Waals surface area contributed by atoms with Crippen LogP contribution in [-0.2, 0) is 11.2 Å². The van der Waals surface area contributed by atoms with Crippen molar-refractivity contribution >= 4 is 17.7 Å². The van der Waals surface area contributed by atoms with Gasteiger partial charge in [-0.3, -0.25) is 4.79 Å². The number of thioether (sulfide) groups is 1. The molecule has 0 aromatic carbocycles. The summed E-state index contributed by atoms with van der Waals surface area (Å²) in [5.41, 5.74) is 0.911. The molecular weight excluding hydrogens is 262 g/mol. The summed E-state index contributed by atoms with van der Waals surface area (Å²) in [6, 6.07) is -0.383. The van der Waals surface area contributed by atoms with Crippen molar-refractivity contribution in [1.29, 1.82) is 0 Å². The molecule has 1 saturated heterocycles. The maximum absolute atomic E-state index is 12.6. The summed E-state index contributed by atoms with van der Waals surface area (Å²) in [5, 5.41) is 3.66. The minimum Gasteiger partial charge on any atom is -0.446 e. The number of hydrogen-bond donors (Lipinski definition) is 1. The van der Waals surface area contributed by atoms with Gasteiger partial charge in [-0.25, -0.2) is 4.98 Å². The molecule has 6 heteroatoms. The second-order valence-electron chi connectivity index (χ2n) is 5.05. The largest absolute Gasteiger partial charge is 0.446 e. The lowest BCUT2D eigenvalue weighted by molar-refractivity contribution is -0.133. The highest BCUT2D eigenvalue weighted by Crippen LogP contribution is 2.29. The van der Waals surface area contributed by atoms with Crippen molar-refractivity contribution < 1.29 is 9.21 Å². The van der Waals surface area contributed by atoms with Gasteiger partial charge in [-0.15, -0.1) is 0 Å². The number of aromatic nitrogens is 1. The molecule has 0 aliphatic carbocycles. The summed E-state index contributed by atoms with van der Waals surface area (Å²) >= 11 is 1.99. The fourth-order valence-electron chi connectivity index (χ4n) is 2.82. The Morgan fingerprint density at radius 2 is 2.53 bits per heavy atom. The van der Waals surface area contributed by atoms with Gasteiger partial charge in [-0.1, -0.05) is 0 Å². The zero-order valence-corrected chi connectivity index (χ0v) is 11.9. The van der Waals surface area contributed by atoms with Gasteiger partial charge in [-0.2, -0.15) is 11.8 Å². The van der Waals surface area contributed by atoms with Crippen LogP contribution >= 0.6 is 11.8 Å². The first-order chi connectivity index (χ1) is 9.29. The van der Waals surface area contributed by atoms with Crippen molar-refractivity contribution in [3.63, 3.8) is 0 Å². The fourth-order valence-corrected chi connectivity index (χ4v) is 4.10. The SMILES string of the molecule is CNC1C(=O)N(CC2CCCS2)CCc2ncoc21. The molecular formula is C13H19N3O2S. The van der Waals surface area contributed by atoms with Crippen molar-refractivity contribution in [2.45, 2.75) is 30.6 Å². The van der Waals surface area contributed by atoms with Crippen LogP contribution in [0.1, 0.15) is 30.3 Å². The number of nitrogens with one attached hydrogen (secondary N) is 1. The first-order valence-corrected chi connectivity index (χ1v) is 7.84. The molecule has 3 heterocycles. The van der Waals surface area contributed by atoms with Crippen molar-refractivity contribution in [3.05, 3.63) is 17.8 Å². The Morgan fingerprint density at radius 1 is 1.63 bits per heavy atom. The summed E-state index contributed by atoms with van der Waals surface area (Å²) in [6.45, 7) is 1.60. The van der Waals surface area contributed by atoms with E-state index in [2.05, 4.69) is 10.3 Å². The molecule has 104 valence electrons. The van der Waals surface area contributed by atoms with Crippen molar-refractivity contribution in [2.75, 3.05) is 25.9 Å². The standard InChI is InChI=1S/C13H19N3O2S/c1-14-11-12-10(15-8-18-12)4-5-16(13(11)17)7-9-3-2-6-19-9/h8-9,11,14H,2-7H2,1H3. The van der Waals surface area contributed by atoms with E-state index in [4.69, 9.17) is 4.42 Å². The molecule has 1 N–H and O–H groups in total. The van der Waals surface area contributed by atoms with Gasteiger partial charge < -0.3 is 14.6 Å². The third-order valence-electron chi connectivity index (χ3n) is 3.85. The average Bonchev–Trinajstić information content (AvgIpc) is 3.04. The zero-order valence-electron chi connectivity index (χ0n) is 11.1. The molecule has 5 nitrogen and oxygen atoms in total. The third kappa shape index (κ3) is 2.51. The van der Waals surface area contributed by atoms with Crippen molar-refractivity contribution in [2.24, 2.45) is 0 Å². The number of amides is 1. The topological polar surface area (TPSA) is 58.4 Å². The Kier molecular flexibility index (Phi) is 3.79. The van der Waals surface area contributed by atoms with Crippen molar-refractivity contribution in [1.82, 2.24) is 15.2 Å². The van der Waals surface area contributed by atoms with Crippen LogP contribution in [-0.4, -0.2) is 46.9 Å². The van der Waals surface area contributed by atoms with Gasteiger partial charge in [0.05, 0.1) is 5.69 Å². The Hall–Kier alpha value is -1.01. The molecule has 1 aromatic heterocycles. The molecule has 1 fully saturated rings. The normalized spacial score (nSPS) is 27.4. The molecule has 19 heavy (non-hydrogen) atoms. The van der Waals surface area contributed by atoms with E-state index in [0.717, 1.165) is 25.2 Å². The van der Waals surface area contributed by atoms with Gasteiger partial charge in [-0.05, 0) is 25.6 Å². The van der Waals surface area contributed by atoms with E-state index in [-0.39, 0.29) is 11.9 Å². The van der Waals surface area contributed by atoms with E-state index < -0.39 is 0 Å². The maximum atomic E-state index is 12.6. The Morgan fingerprint density at radius 3 is 3.26 bits per heavy atom. The van der Waals surface area contributed by atoms with Crippen LogP contribution in [0, 0.1) is 0 Å². The first kappa shape index (κ1) is 13.0. The van der Waals surface area contributed by atoms with Crippen LogP contribution in [0.25, 0.3) is 0 Å². The predicted octanol–water partition coefficient (Wildman–Crippen LogP) is 1.22. The lowest BCUT2D eigenvalue weighted by atomic mass is 10.1. The maximum Gasteiger partial charge on any atom is 0.247 e. The summed E-state index contributed by atoms with van der Waals surface area (Å²) in [7, 11) is 1.79. The number of carbonyl (C=O) groups excluding carboxylic acids is 1. The molecule has 0 saturated carbocycles. The van der Waals surface area contributed by atoms with Gasteiger partial charge in [0, 0.05) is 24.8 Å². The second-order valence-corrected chi connectivity index (χ2v) is 6.46. The lowest BCUT2D eigenvalue weighted by Crippen LogP contribution is -2.41. The van der Waals surface area contributed by atoms with E-state index >= 15 is 0 Å². The lowest BCUT2D eigenvalue weighted by Gasteiger charge is -2.26. The molecule has 0 spiro atoms. The molecule has 1 amide bonds. The molecule has 2 unspecified atom stereocenters. The minimum absolute atomic E-state index is 0.116. The summed E-state index contributed by atoms with van der Waals surface area (Å²) < 4.78 is 5.40. The van der Waals surface area contributed by atoms with Crippen LogP contribution in [0.15, 0.2) is 10.8 Å². The highest BCUT2D eigenvalue weighted by molar-refractivity contribution is 8.00. The number of rotatable bonds is 3. The number of oxazole rings is 1. The molecule has 0 radical (unpaired) electrons. The molecule has 2 aliphatic heterocycles. The third-order valence-corrected chi connectivity index (χ3v) is 5.23. The van der Waals surface area contributed by atoms with Crippen LogP contribution in [0.2, 0.25) is 0 Å². The molecule has 2 aliphatic rings. The number of fused-ring (bicyclic) bond motifs is 1. The average molecular weight is 281 g/mol. The van der Waals surface area contributed by atoms with Gasteiger partial charge in [0.2, 0.25) is 5.91 Å². The van der Waals surface area contributed by atoms with Crippen LogP contribution < -0.4 is 5.32 Å². The predicted molar refractivity (Wildman–Crippen MR) is 74.1 cm³/mol. The highest BCUT2D eigenvalue weighted by atomic mass is 32.2. The van der Waals surface area contributed by atoms with E-state index in [0.29, 0.717) is 11.0 Å². The first-order valence-electron chi connectivity index (χ1n) is 6.79. The van der Waals surface area contributed by atoms with Crippen LogP contribution in [0.5, 0.6) is 0 Å². The summed E-state index contributed by atoms with van der Waals surface area (Å²) in [4.78, 5) is 18.8. The number of likely N-dealkylation sites (N-methyl/N-ethyl adjacent to an activating group) is 1. The Bertz CT molecular complexity index is 456. The van der Waals surface area contributed by atoms with E-state index in [1.54, 1.807) is 7.05 Å². The smallest absolute Gasteiger partial charge is 0.247 e. The molecule has 2 atom stereocenters. The summed E-state index contributed by atoms with van der Waals surface area (Å²) in [5.74, 6) is 2.03. The fraction of sp³-hybridized carbons (Fsp3) is 0.692. The summed E-state index contributed by atoms with van der Waals surface area (Å²) in [6.07, 6.45) is 4.72. The quantitative estimate of drug-likeness (QED) is 0.902. The number of nitrogens with zero attached hydrogens (tertiary/aromatic N) is 2. The van der Waals surface area contributed by atoms with Crippen LogP contribution in [0.3, 0.4) is 0 Å². The van der Waals surface area contributed by atoms with Crippen LogP contribution in [0.4, 0.5) is 0 Å². The van der Waals surface area contributed by atoms with E-state index in [1.807, 2.05) is 16.7 Å². The molecule has 3 rings (SSSR count). The Labute approximate surface area is 117 Å².